The van der Waals surface area contributed by atoms with Crippen LogP contribution in [-0.4, -0.2) is 85.9 Å². The van der Waals surface area contributed by atoms with Gasteiger partial charge in [-0.3, -0.25) is 14.3 Å². The average Bonchev–Trinajstić information content (AvgIpc) is 3.49. The zero-order valence-corrected chi connectivity index (χ0v) is 20.0. The molecule has 0 unspecified atom stereocenters. The Bertz CT molecular complexity index is 1350. The summed E-state index contributed by atoms with van der Waals surface area (Å²) in [6.45, 7) is 6.83. The van der Waals surface area contributed by atoms with Crippen LogP contribution in [0.5, 0.6) is 0 Å². The van der Waals surface area contributed by atoms with E-state index in [0.717, 1.165) is 74.1 Å². The van der Waals surface area contributed by atoms with Crippen molar-refractivity contribution in [2.75, 3.05) is 51.2 Å². The molecule has 1 saturated heterocycles. The fourth-order valence-electron chi connectivity index (χ4n) is 4.84. The van der Waals surface area contributed by atoms with Crippen LogP contribution in [0.4, 0.5) is 5.95 Å². The van der Waals surface area contributed by atoms with Crippen LogP contribution >= 0.6 is 11.3 Å². The second-order valence-corrected chi connectivity index (χ2v) is 10.1. The number of piperazine rings is 1. The van der Waals surface area contributed by atoms with E-state index in [2.05, 4.69) is 42.3 Å². The Balaban J connectivity index is 1.11. The lowest BCUT2D eigenvalue weighted by atomic mass is 10.1. The van der Waals surface area contributed by atoms with Gasteiger partial charge in [0.2, 0.25) is 5.95 Å². The molecule has 34 heavy (non-hydrogen) atoms. The first-order valence-corrected chi connectivity index (χ1v) is 12.5. The SMILES string of the molecule is CN1CCc2c(sc3ncn(CCN4CCN(c5nnnn5-c5ccccc5)CC4)c(=O)c23)C1. The number of likely N-dealkylation sites (N-methyl/N-ethyl adjacent to an activating group) is 1. The molecule has 0 bridgehead atoms. The Morgan fingerprint density at radius 3 is 2.68 bits per heavy atom. The fraction of sp³-hybridized carbons (Fsp3) is 0.435. The first-order valence-electron chi connectivity index (χ1n) is 11.7. The number of rotatable bonds is 5. The number of fused-ring (bicyclic) bond motifs is 3. The molecule has 10 nitrogen and oxygen atoms in total. The molecule has 0 spiro atoms. The van der Waals surface area contributed by atoms with Crippen molar-refractivity contribution in [3.63, 3.8) is 0 Å². The van der Waals surface area contributed by atoms with Crippen molar-refractivity contribution >= 4 is 27.5 Å². The molecule has 4 aromatic rings. The Morgan fingerprint density at radius 2 is 1.85 bits per heavy atom. The minimum atomic E-state index is 0.104. The summed E-state index contributed by atoms with van der Waals surface area (Å²) in [6.07, 6.45) is 2.65. The van der Waals surface area contributed by atoms with Gasteiger partial charge in [0.25, 0.3) is 5.56 Å². The second kappa shape index (κ2) is 8.90. The van der Waals surface area contributed by atoms with Crippen LogP contribution in [-0.2, 0) is 19.5 Å². The Morgan fingerprint density at radius 1 is 1.03 bits per heavy atom. The van der Waals surface area contributed by atoms with E-state index >= 15 is 0 Å². The van der Waals surface area contributed by atoms with Gasteiger partial charge in [-0.25, -0.2) is 4.98 Å². The van der Waals surface area contributed by atoms with Gasteiger partial charge in [0.05, 0.1) is 17.4 Å². The Labute approximate surface area is 201 Å². The van der Waals surface area contributed by atoms with Crippen LogP contribution in [0, 0.1) is 0 Å². The number of hydrogen-bond donors (Lipinski definition) is 0. The molecule has 0 atom stereocenters. The lowest BCUT2D eigenvalue weighted by molar-refractivity contribution is 0.245. The molecule has 5 heterocycles. The molecule has 11 heteroatoms. The van der Waals surface area contributed by atoms with Crippen LogP contribution in [0.1, 0.15) is 10.4 Å². The minimum absolute atomic E-state index is 0.104. The second-order valence-electron chi connectivity index (χ2n) is 8.97. The van der Waals surface area contributed by atoms with Crippen molar-refractivity contribution in [1.29, 1.82) is 0 Å². The number of nitrogens with zero attached hydrogens (tertiary/aromatic N) is 9. The van der Waals surface area contributed by atoms with Gasteiger partial charge in [0.1, 0.15) is 4.83 Å². The van der Waals surface area contributed by atoms with Crippen LogP contribution < -0.4 is 10.5 Å². The summed E-state index contributed by atoms with van der Waals surface area (Å²) < 4.78 is 3.57. The molecule has 0 aliphatic carbocycles. The maximum absolute atomic E-state index is 13.3. The fourth-order valence-corrected chi connectivity index (χ4v) is 6.10. The van der Waals surface area contributed by atoms with Crippen molar-refractivity contribution in [2.45, 2.75) is 19.5 Å². The predicted molar refractivity (Wildman–Crippen MR) is 132 cm³/mol. The quantitative estimate of drug-likeness (QED) is 0.424. The lowest BCUT2D eigenvalue weighted by Gasteiger charge is -2.34. The van der Waals surface area contributed by atoms with Gasteiger partial charge >= 0.3 is 0 Å². The van der Waals surface area contributed by atoms with Crippen molar-refractivity contribution < 1.29 is 0 Å². The zero-order valence-electron chi connectivity index (χ0n) is 19.2. The van der Waals surface area contributed by atoms with Crippen LogP contribution in [0.15, 0.2) is 41.5 Å². The standard InChI is InChI=1S/C23H27N9OS/c1-28-8-7-18-19(15-28)34-21-20(18)22(33)31(16-24-21)14-11-29-9-12-30(13-10-29)23-25-26-27-32(23)17-5-3-2-4-6-17/h2-6,16H,7-15H2,1H3. The molecule has 2 aliphatic heterocycles. The molecule has 2 aliphatic rings. The molecule has 0 radical (unpaired) electrons. The van der Waals surface area contributed by atoms with Gasteiger partial charge in [0, 0.05) is 57.2 Å². The molecular weight excluding hydrogens is 450 g/mol. The highest BCUT2D eigenvalue weighted by Crippen LogP contribution is 2.31. The van der Waals surface area contributed by atoms with Gasteiger partial charge in [-0.1, -0.05) is 23.3 Å². The van der Waals surface area contributed by atoms with Crippen molar-refractivity contribution in [3.05, 3.63) is 57.5 Å². The number of hydrogen-bond acceptors (Lipinski definition) is 9. The number of tetrazole rings is 1. The summed E-state index contributed by atoms with van der Waals surface area (Å²) >= 11 is 1.67. The smallest absolute Gasteiger partial charge is 0.262 e. The number of anilines is 1. The molecule has 6 rings (SSSR count). The van der Waals surface area contributed by atoms with Gasteiger partial charge in [0.15, 0.2) is 0 Å². The molecule has 0 amide bonds. The highest BCUT2D eigenvalue weighted by molar-refractivity contribution is 7.18. The van der Waals surface area contributed by atoms with Crippen LogP contribution in [0.2, 0.25) is 0 Å². The summed E-state index contributed by atoms with van der Waals surface area (Å²) in [4.78, 5) is 27.0. The first kappa shape index (κ1) is 21.4. The maximum atomic E-state index is 13.3. The third kappa shape index (κ3) is 3.89. The van der Waals surface area contributed by atoms with E-state index in [0.29, 0.717) is 6.54 Å². The monoisotopic (exact) mass is 477 g/mol. The average molecular weight is 478 g/mol. The molecule has 0 N–H and O–H groups in total. The number of para-hydroxylation sites is 1. The molecule has 1 fully saturated rings. The molecule has 176 valence electrons. The van der Waals surface area contributed by atoms with E-state index in [1.54, 1.807) is 26.9 Å². The van der Waals surface area contributed by atoms with E-state index < -0.39 is 0 Å². The summed E-state index contributed by atoms with van der Waals surface area (Å²) in [6, 6.07) is 9.95. The van der Waals surface area contributed by atoms with Crippen LogP contribution in [0.3, 0.4) is 0 Å². The number of benzene rings is 1. The lowest BCUT2D eigenvalue weighted by Crippen LogP contribution is -2.48. The van der Waals surface area contributed by atoms with E-state index in [4.69, 9.17) is 0 Å². The normalized spacial score (nSPS) is 17.4. The van der Waals surface area contributed by atoms with Gasteiger partial charge < -0.3 is 9.80 Å². The summed E-state index contributed by atoms with van der Waals surface area (Å²) in [5.41, 5.74) is 2.27. The third-order valence-corrected chi connectivity index (χ3v) is 7.91. The predicted octanol–water partition coefficient (Wildman–Crippen LogP) is 1.24. The molecular formula is C23H27N9OS. The number of aromatic nitrogens is 6. The zero-order chi connectivity index (χ0) is 23.1. The van der Waals surface area contributed by atoms with Gasteiger partial charge in [-0.2, -0.15) is 4.68 Å². The van der Waals surface area contributed by atoms with E-state index in [1.165, 1.54) is 10.4 Å². The van der Waals surface area contributed by atoms with Gasteiger partial charge in [-0.15, -0.1) is 11.3 Å². The Hall–Kier alpha value is -3.15. The first-order chi connectivity index (χ1) is 16.7. The number of thiophene rings is 1. The van der Waals surface area contributed by atoms with Crippen LogP contribution in [0.25, 0.3) is 15.9 Å². The van der Waals surface area contributed by atoms with Gasteiger partial charge in [-0.05, 0) is 41.6 Å². The van der Waals surface area contributed by atoms with Crippen molar-refractivity contribution in [1.82, 2.24) is 39.6 Å². The van der Waals surface area contributed by atoms with E-state index in [-0.39, 0.29) is 5.56 Å². The summed E-state index contributed by atoms with van der Waals surface area (Å²) in [5, 5.41) is 13.2. The topological polar surface area (TPSA) is 88.2 Å². The summed E-state index contributed by atoms with van der Waals surface area (Å²) in [7, 11) is 2.13. The highest BCUT2D eigenvalue weighted by atomic mass is 32.1. The minimum Gasteiger partial charge on any atom is -0.337 e. The third-order valence-electron chi connectivity index (χ3n) is 6.78. The molecule has 3 aromatic heterocycles. The molecule has 1 aromatic carbocycles. The van der Waals surface area contributed by atoms with Crippen molar-refractivity contribution in [3.8, 4) is 5.69 Å². The molecule has 0 saturated carbocycles. The highest BCUT2D eigenvalue weighted by Gasteiger charge is 2.24. The van der Waals surface area contributed by atoms with E-state index in [9.17, 15) is 4.79 Å². The summed E-state index contributed by atoms with van der Waals surface area (Å²) in [5.74, 6) is 0.768. The van der Waals surface area contributed by atoms with Crippen molar-refractivity contribution in [2.24, 2.45) is 0 Å². The Kier molecular flexibility index (Phi) is 5.60. The largest absolute Gasteiger partial charge is 0.337 e. The van der Waals surface area contributed by atoms with E-state index in [1.807, 2.05) is 30.3 Å². The maximum Gasteiger partial charge on any atom is 0.262 e.